The van der Waals surface area contributed by atoms with Crippen LogP contribution in [0.15, 0.2) is 54.6 Å². The first-order valence-electron chi connectivity index (χ1n) is 9.19. The van der Waals surface area contributed by atoms with Gasteiger partial charge in [0.15, 0.2) is 5.13 Å². The second-order valence-corrected chi connectivity index (χ2v) is 8.58. The molecule has 3 aromatic rings. The predicted octanol–water partition coefficient (Wildman–Crippen LogP) is 4.74. The van der Waals surface area contributed by atoms with Crippen molar-refractivity contribution in [2.75, 3.05) is 23.8 Å². The van der Waals surface area contributed by atoms with Crippen molar-refractivity contribution in [3.05, 3.63) is 60.2 Å². The number of nitrogens with zero attached hydrogens (tertiary/aromatic N) is 2. The van der Waals surface area contributed by atoms with E-state index in [0.717, 1.165) is 40.5 Å². The van der Waals surface area contributed by atoms with Gasteiger partial charge in [-0.3, -0.25) is 9.69 Å². The maximum absolute atomic E-state index is 13.0. The molecule has 27 heavy (non-hydrogen) atoms. The van der Waals surface area contributed by atoms with Gasteiger partial charge >= 0.3 is 0 Å². The van der Waals surface area contributed by atoms with Crippen LogP contribution < -0.4 is 4.90 Å². The van der Waals surface area contributed by atoms with Crippen molar-refractivity contribution >= 4 is 44.4 Å². The molecule has 1 saturated heterocycles. The minimum absolute atomic E-state index is 0.102. The molecule has 0 bridgehead atoms. The molecule has 1 aromatic heterocycles. The Morgan fingerprint density at radius 1 is 1.19 bits per heavy atom. The van der Waals surface area contributed by atoms with E-state index in [9.17, 15) is 4.79 Å². The van der Waals surface area contributed by atoms with Crippen molar-refractivity contribution in [2.45, 2.75) is 24.7 Å². The summed E-state index contributed by atoms with van der Waals surface area (Å²) in [6, 6.07) is 18.3. The van der Waals surface area contributed by atoms with E-state index < -0.39 is 0 Å². The van der Waals surface area contributed by atoms with E-state index in [4.69, 9.17) is 9.72 Å². The van der Waals surface area contributed by atoms with Gasteiger partial charge in [0.05, 0.1) is 28.6 Å². The van der Waals surface area contributed by atoms with Crippen molar-refractivity contribution < 1.29 is 9.53 Å². The number of rotatable bonds is 7. The summed E-state index contributed by atoms with van der Waals surface area (Å²) in [6.45, 7) is 1.37. The van der Waals surface area contributed by atoms with Crippen LogP contribution >= 0.6 is 23.1 Å². The molecule has 1 amide bonds. The normalized spacial score (nSPS) is 16.7. The lowest BCUT2D eigenvalue weighted by Crippen LogP contribution is -2.38. The minimum atomic E-state index is 0.102. The molecule has 0 unspecified atom stereocenters. The molecule has 0 radical (unpaired) electrons. The number of thioether (sulfide) groups is 1. The smallest absolute Gasteiger partial charge is 0.238 e. The number of anilines is 1. The van der Waals surface area contributed by atoms with E-state index in [1.54, 1.807) is 23.1 Å². The van der Waals surface area contributed by atoms with Gasteiger partial charge in [-0.1, -0.05) is 53.8 Å². The molecule has 1 aliphatic heterocycles. The summed E-state index contributed by atoms with van der Waals surface area (Å²) in [5, 5.41) is 0.775. The Morgan fingerprint density at radius 3 is 2.78 bits per heavy atom. The number of carbonyl (C=O) groups excluding carboxylic acids is 1. The van der Waals surface area contributed by atoms with Gasteiger partial charge in [0.25, 0.3) is 0 Å². The van der Waals surface area contributed by atoms with E-state index in [0.29, 0.717) is 12.3 Å². The lowest BCUT2D eigenvalue weighted by atomic mass is 10.2. The number of thiazole rings is 1. The SMILES string of the molecule is O=C(CSCc1ccccc1)N(C[C@H]1CCCO1)c1nc2ccccc2s1. The molecule has 0 N–H and O–H groups in total. The van der Waals surface area contributed by atoms with E-state index in [1.165, 1.54) is 5.56 Å². The summed E-state index contributed by atoms with van der Waals surface area (Å²) in [4.78, 5) is 19.5. The maximum atomic E-state index is 13.0. The topological polar surface area (TPSA) is 42.4 Å². The number of carbonyl (C=O) groups is 1. The fourth-order valence-corrected chi connectivity index (χ4v) is 5.02. The van der Waals surface area contributed by atoms with E-state index in [-0.39, 0.29) is 12.0 Å². The standard InChI is InChI=1S/C21H22N2O2S2/c24-20(15-26-14-16-7-2-1-3-8-16)23(13-17-9-6-12-25-17)21-22-18-10-4-5-11-19(18)27-21/h1-5,7-8,10-11,17H,6,9,12-15H2/t17-/m1/s1. The molecule has 0 spiro atoms. The van der Waals surface area contributed by atoms with Gasteiger partial charge in [-0.15, -0.1) is 11.8 Å². The summed E-state index contributed by atoms with van der Waals surface area (Å²) in [6.07, 6.45) is 2.18. The molecular weight excluding hydrogens is 376 g/mol. The minimum Gasteiger partial charge on any atom is -0.376 e. The third kappa shape index (κ3) is 4.69. The van der Waals surface area contributed by atoms with Gasteiger partial charge in [-0.05, 0) is 30.5 Å². The average molecular weight is 399 g/mol. The Balaban J connectivity index is 1.47. The molecule has 0 aliphatic carbocycles. The summed E-state index contributed by atoms with van der Waals surface area (Å²) >= 11 is 3.22. The summed E-state index contributed by atoms with van der Waals surface area (Å²) in [5.74, 6) is 1.38. The maximum Gasteiger partial charge on any atom is 0.238 e. The molecule has 1 fully saturated rings. The third-order valence-corrected chi connectivity index (χ3v) is 6.61. The van der Waals surface area contributed by atoms with E-state index in [1.807, 2.05) is 41.3 Å². The number of para-hydroxylation sites is 1. The highest BCUT2D eigenvalue weighted by molar-refractivity contribution is 7.99. The first kappa shape index (κ1) is 18.5. The summed E-state index contributed by atoms with van der Waals surface area (Å²) in [5.41, 5.74) is 2.18. The zero-order valence-corrected chi connectivity index (χ0v) is 16.7. The number of hydrogen-bond donors (Lipinski definition) is 0. The predicted molar refractivity (Wildman–Crippen MR) is 114 cm³/mol. The first-order chi connectivity index (χ1) is 13.3. The van der Waals surface area contributed by atoms with Crippen LogP contribution in [0.3, 0.4) is 0 Å². The highest BCUT2D eigenvalue weighted by Crippen LogP contribution is 2.30. The average Bonchev–Trinajstić information content (AvgIpc) is 3.36. The lowest BCUT2D eigenvalue weighted by Gasteiger charge is -2.23. The van der Waals surface area contributed by atoms with Gasteiger partial charge in [0.2, 0.25) is 5.91 Å². The molecule has 0 saturated carbocycles. The monoisotopic (exact) mass is 398 g/mol. The van der Waals surface area contributed by atoms with E-state index in [2.05, 4.69) is 18.2 Å². The quantitative estimate of drug-likeness (QED) is 0.576. The molecule has 1 aliphatic rings. The fraction of sp³-hybridized carbons (Fsp3) is 0.333. The van der Waals surface area contributed by atoms with Gasteiger partial charge in [-0.25, -0.2) is 4.98 Å². The van der Waals surface area contributed by atoms with E-state index >= 15 is 0 Å². The van der Waals surface area contributed by atoms with Crippen LogP contribution in [0.1, 0.15) is 18.4 Å². The van der Waals surface area contributed by atoms with Crippen LogP contribution in [0.5, 0.6) is 0 Å². The van der Waals surface area contributed by atoms with Gasteiger partial charge in [-0.2, -0.15) is 0 Å². The largest absolute Gasteiger partial charge is 0.376 e. The van der Waals surface area contributed by atoms with Crippen LogP contribution in [0.2, 0.25) is 0 Å². The Kier molecular flexibility index (Phi) is 6.07. The van der Waals surface area contributed by atoms with Crippen molar-refractivity contribution in [1.82, 2.24) is 4.98 Å². The number of benzene rings is 2. The fourth-order valence-electron chi connectivity index (χ4n) is 3.16. The highest BCUT2D eigenvalue weighted by atomic mass is 32.2. The van der Waals surface area contributed by atoms with Crippen molar-refractivity contribution in [2.24, 2.45) is 0 Å². The number of amides is 1. The Bertz CT molecular complexity index is 858. The Labute approximate surface area is 167 Å². The third-order valence-electron chi connectivity index (χ3n) is 4.56. The number of aromatic nitrogens is 1. The molecule has 4 nitrogen and oxygen atoms in total. The first-order valence-corrected chi connectivity index (χ1v) is 11.2. The second-order valence-electron chi connectivity index (χ2n) is 6.58. The molecule has 4 rings (SSSR count). The molecule has 6 heteroatoms. The Hall–Kier alpha value is -1.89. The van der Waals surface area contributed by atoms with Gasteiger partial charge < -0.3 is 4.74 Å². The zero-order chi connectivity index (χ0) is 18.5. The van der Waals surface area contributed by atoms with Gasteiger partial charge in [0, 0.05) is 12.4 Å². The summed E-state index contributed by atoms with van der Waals surface area (Å²) < 4.78 is 6.89. The van der Waals surface area contributed by atoms with Gasteiger partial charge in [0.1, 0.15) is 0 Å². The number of fused-ring (bicyclic) bond motifs is 1. The summed E-state index contributed by atoms with van der Waals surface area (Å²) in [7, 11) is 0. The molecule has 1 atom stereocenters. The van der Waals surface area contributed by atoms with Crippen LogP contribution in [-0.2, 0) is 15.3 Å². The van der Waals surface area contributed by atoms with Crippen LogP contribution in [0.25, 0.3) is 10.2 Å². The number of hydrogen-bond acceptors (Lipinski definition) is 5. The van der Waals surface area contributed by atoms with Crippen molar-refractivity contribution in [1.29, 1.82) is 0 Å². The van der Waals surface area contributed by atoms with Crippen LogP contribution in [-0.4, -0.2) is 35.9 Å². The van der Waals surface area contributed by atoms with Crippen molar-refractivity contribution in [3.63, 3.8) is 0 Å². The highest BCUT2D eigenvalue weighted by Gasteiger charge is 2.26. The molecule has 2 heterocycles. The second kappa shape index (κ2) is 8.87. The molecule has 140 valence electrons. The number of ether oxygens (including phenoxy) is 1. The van der Waals surface area contributed by atoms with Crippen molar-refractivity contribution in [3.8, 4) is 0 Å². The zero-order valence-electron chi connectivity index (χ0n) is 15.0. The molecular formula is C21H22N2O2S2. The van der Waals surface area contributed by atoms with Crippen LogP contribution in [0, 0.1) is 0 Å². The Morgan fingerprint density at radius 2 is 2.00 bits per heavy atom. The van der Waals surface area contributed by atoms with Crippen LogP contribution in [0.4, 0.5) is 5.13 Å². The molecule has 2 aromatic carbocycles. The lowest BCUT2D eigenvalue weighted by molar-refractivity contribution is -0.116.